The maximum Gasteiger partial charge on any atom is 0.266 e. The van der Waals surface area contributed by atoms with Gasteiger partial charge in [0.05, 0.1) is 0 Å². The second-order valence-corrected chi connectivity index (χ2v) is 9.71. The maximum atomic E-state index is 5.06. The first-order chi connectivity index (χ1) is 5.73. The lowest BCUT2D eigenvalue weighted by Crippen LogP contribution is -1.87. The van der Waals surface area contributed by atoms with Gasteiger partial charge in [-0.05, 0) is 6.92 Å². The van der Waals surface area contributed by atoms with Gasteiger partial charge >= 0.3 is 0 Å². The highest BCUT2D eigenvalue weighted by molar-refractivity contribution is 6.83. The van der Waals surface area contributed by atoms with Crippen LogP contribution in [0.15, 0.2) is 0 Å². The summed E-state index contributed by atoms with van der Waals surface area (Å²) in [6, 6.07) is 0. The van der Waals surface area contributed by atoms with Gasteiger partial charge in [0.15, 0.2) is 8.09 Å². The molecular formula is C4H4Cl10. The molecule has 90 valence electrons. The van der Waals surface area contributed by atoms with Crippen LogP contribution in [0.3, 0.4) is 0 Å². The van der Waals surface area contributed by atoms with Crippen molar-refractivity contribution in [2.45, 2.75) is 18.3 Å². The molecule has 0 aliphatic heterocycles. The van der Waals surface area contributed by atoms with Crippen LogP contribution < -0.4 is 0 Å². The van der Waals surface area contributed by atoms with Gasteiger partial charge in [-0.25, -0.2) is 0 Å². The van der Waals surface area contributed by atoms with Crippen molar-refractivity contribution < 1.29 is 0 Å². The Morgan fingerprint density at radius 3 is 0.714 bits per heavy atom. The summed E-state index contributed by atoms with van der Waals surface area (Å²) in [6.45, 7) is 1.48. The van der Waals surface area contributed by atoms with Crippen LogP contribution in [0.4, 0.5) is 0 Å². The molecule has 0 bridgehead atoms. The van der Waals surface area contributed by atoms with Crippen LogP contribution >= 0.6 is 116 Å². The molecule has 0 amide bonds. The molecule has 0 unspecified atom stereocenters. The molecule has 0 radical (unpaired) electrons. The summed E-state index contributed by atoms with van der Waals surface area (Å²) in [5.74, 6) is 0. The number of halogens is 10. The largest absolute Gasteiger partial charge is 0.266 e. The van der Waals surface area contributed by atoms with Crippen molar-refractivity contribution >= 4 is 116 Å². The van der Waals surface area contributed by atoms with E-state index in [-0.39, 0.29) is 0 Å². The fourth-order valence-corrected chi connectivity index (χ4v) is 0. The summed E-state index contributed by atoms with van der Waals surface area (Å²) < 4.78 is -3.44. The molecule has 0 N–H and O–H groups in total. The standard InChI is InChI=1S/C2H3Cl3.CCl4.CHCl3/c1-2(3,4)5;2-1(3,4)5;2-1(3)4/h1H3;;1H. The molecular weight excluding hydrogens is 403 g/mol. The molecule has 14 heavy (non-hydrogen) atoms. The van der Waals surface area contributed by atoms with Crippen LogP contribution in [-0.2, 0) is 0 Å². The van der Waals surface area contributed by atoms with E-state index in [2.05, 4.69) is 0 Å². The fraction of sp³-hybridized carbons (Fsp3) is 1.00. The van der Waals surface area contributed by atoms with E-state index in [1.54, 1.807) is 0 Å². The van der Waals surface area contributed by atoms with Crippen LogP contribution in [0.2, 0.25) is 0 Å². The van der Waals surface area contributed by atoms with Gasteiger partial charge in [-0.3, -0.25) is 0 Å². The van der Waals surface area contributed by atoms with E-state index in [1.807, 2.05) is 0 Å². The summed E-state index contributed by atoms with van der Waals surface area (Å²) in [7, 11) is 0. The van der Waals surface area contributed by atoms with Gasteiger partial charge in [-0.1, -0.05) is 116 Å². The van der Waals surface area contributed by atoms with Crippen molar-refractivity contribution in [3.63, 3.8) is 0 Å². The molecule has 0 saturated heterocycles. The number of rotatable bonds is 0. The first-order valence-electron chi connectivity index (χ1n) is 2.48. The van der Waals surface area contributed by atoms with Crippen LogP contribution in [0, 0.1) is 0 Å². The Balaban J connectivity index is -0.000000131. The van der Waals surface area contributed by atoms with Crippen molar-refractivity contribution in [1.82, 2.24) is 0 Å². The Kier molecular flexibility index (Phi) is 17.4. The minimum Gasteiger partial charge on any atom is -0.0874 e. The smallest absolute Gasteiger partial charge is 0.0874 e. The normalized spacial score (nSPS) is 11.1. The highest BCUT2D eigenvalue weighted by Gasteiger charge is 2.11. The molecule has 0 spiro atoms. The third kappa shape index (κ3) is 342. The van der Waals surface area contributed by atoms with Crippen LogP contribution in [0.5, 0.6) is 0 Å². The Labute approximate surface area is 133 Å². The van der Waals surface area contributed by atoms with Gasteiger partial charge in [0.1, 0.15) is 0 Å². The topological polar surface area (TPSA) is 0 Å². The Hall–Kier alpha value is 2.90. The zero-order valence-electron chi connectivity index (χ0n) is 6.36. The van der Waals surface area contributed by atoms with Gasteiger partial charge in [-0.15, -0.1) is 0 Å². The first kappa shape index (κ1) is 22.1. The Bertz CT molecular complexity index is 81.5. The van der Waals surface area contributed by atoms with E-state index >= 15 is 0 Å². The second-order valence-electron chi connectivity index (χ2n) is 1.46. The van der Waals surface area contributed by atoms with E-state index in [0.29, 0.717) is 0 Å². The molecule has 0 nitrogen and oxygen atoms in total. The lowest BCUT2D eigenvalue weighted by molar-refractivity contribution is 1.27. The van der Waals surface area contributed by atoms with E-state index in [9.17, 15) is 0 Å². The minimum absolute atomic E-state index is 0.750. The molecule has 0 aromatic carbocycles. The number of hydrogen-bond acceptors (Lipinski definition) is 0. The van der Waals surface area contributed by atoms with Crippen LogP contribution in [0.1, 0.15) is 6.92 Å². The quantitative estimate of drug-likeness (QED) is 0.383. The molecule has 0 aliphatic rings. The summed E-state index contributed by atoms with van der Waals surface area (Å²) in [5.41, 5.74) is 0. The molecule has 0 saturated carbocycles. The molecule has 0 heterocycles. The lowest BCUT2D eigenvalue weighted by Gasteiger charge is -1.94. The Morgan fingerprint density at radius 1 is 0.714 bits per heavy atom. The van der Waals surface area contributed by atoms with E-state index in [1.165, 1.54) is 6.92 Å². The van der Waals surface area contributed by atoms with Crippen molar-refractivity contribution in [3.05, 3.63) is 0 Å². The molecule has 10 heteroatoms. The van der Waals surface area contributed by atoms with E-state index < -0.39 is 11.3 Å². The molecule has 0 aromatic rings. The molecule has 0 fully saturated rings. The lowest BCUT2D eigenvalue weighted by atomic mass is 10.9. The third-order valence-electron chi connectivity index (χ3n) is 0. The average Bonchev–Trinajstić information content (AvgIpc) is 1.45. The number of alkyl halides is 10. The predicted molar refractivity (Wildman–Crippen MR) is 73.5 cm³/mol. The van der Waals surface area contributed by atoms with Gasteiger partial charge in [0.25, 0.3) is 3.25 Å². The molecule has 0 aliphatic carbocycles. The second kappa shape index (κ2) is 11.0. The van der Waals surface area contributed by atoms with Gasteiger partial charge in [0, 0.05) is 0 Å². The Morgan fingerprint density at radius 2 is 0.714 bits per heavy atom. The fourth-order valence-electron chi connectivity index (χ4n) is 0. The minimum atomic E-state index is -1.61. The van der Waals surface area contributed by atoms with Gasteiger partial charge < -0.3 is 0 Å². The third-order valence-corrected chi connectivity index (χ3v) is 0. The molecule has 0 atom stereocenters. The van der Waals surface area contributed by atoms with Crippen molar-refractivity contribution in [3.8, 4) is 0 Å². The number of hydrogen-bond donors (Lipinski definition) is 0. The summed E-state index contributed by atoms with van der Waals surface area (Å²) in [5, 5.41) is 0. The van der Waals surface area contributed by atoms with Crippen LogP contribution in [-0.4, -0.2) is 11.3 Å². The zero-order valence-corrected chi connectivity index (χ0v) is 13.9. The van der Waals surface area contributed by atoms with Gasteiger partial charge in [-0.2, -0.15) is 0 Å². The zero-order chi connectivity index (χ0) is 12.6. The predicted octanol–water partition coefficient (Wildman–Crippen LogP) is 6.92. The summed E-state index contributed by atoms with van der Waals surface area (Å²) >= 11 is 48.9. The van der Waals surface area contributed by atoms with E-state index in [0.717, 1.165) is 0 Å². The van der Waals surface area contributed by atoms with Crippen molar-refractivity contribution in [2.24, 2.45) is 0 Å². The average molecular weight is 407 g/mol. The van der Waals surface area contributed by atoms with Gasteiger partial charge in [0.2, 0.25) is 0 Å². The van der Waals surface area contributed by atoms with Crippen LogP contribution in [0.25, 0.3) is 0 Å². The molecule has 0 aromatic heterocycles. The van der Waals surface area contributed by atoms with Crippen molar-refractivity contribution in [2.75, 3.05) is 0 Å². The van der Waals surface area contributed by atoms with E-state index in [4.69, 9.17) is 116 Å². The monoisotopic (exact) mass is 402 g/mol. The summed E-state index contributed by atoms with van der Waals surface area (Å²) in [6.07, 6.45) is 0. The highest BCUT2D eigenvalue weighted by atomic mass is 35.6. The first-order valence-corrected chi connectivity index (χ1v) is 6.43. The summed E-state index contributed by atoms with van der Waals surface area (Å²) in [4.78, 5) is 0. The molecule has 0 rings (SSSR count). The highest BCUT2D eigenvalue weighted by Crippen LogP contribution is 2.29. The van der Waals surface area contributed by atoms with Crippen molar-refractivity contribution in [1.29, 1.82) is 0 Å². The SMILES string of the molecule is CC(Cl)(Cl)Cl.ClC(Cl)(Cl)Cl.ClC(Cl)Cl. The maximum absolute atomic E-state index is 5.06.